The minimum atomic E-state index is -0.869. The van der Waals surface area contributed by atoms with Crippen LogP contribution in [-0.2, 0) is 6.42 Å². The van der Waals surface area contributed by atoms with E-state index in [1.165, 1.54) is 12.1 Å². The van der Waals surface area contributed by atoms with E-state index in [0.717, 1.165) is 23.6 Å². The molecule has 2 nitrogen and oxygen atoms in total. The summed E-state index contributed by atoms with van der Waals surface area (Å²) in [5.41, 5.74) is 4.76. The largest absolute Gasteiger partial charge is 0.271 e. The minimum absolute atomic E-state index is 0.208. The third-order valence-electron chi connectivity index (χ3n) is 3.39. The number of hydrogen-bond acceptors (Lipinski definition) is 2. The van der Waals surface area contributed by atoms with Gasteiger partial charge in [0.05, 0.1) is 6.04 Å². The Balaban J connectivity index is 2.39. The van der Waals surface area contributed by atoms with Gasteiger partial charge in [-0.05, 0) is 29.5 Å². The fourth-order valence-electron chi connectivity index (χ4n) is 2.48. The molecule has 4 heteroatoms. The van der Waals surface area contributed by atoms with Gasteiger partial charge in [-0.3, -0.25) is 5.84 Å². The SMILES string of the molecule is CC(C)Cc1cccc(C(NN)c2cccc(F)c2F)c1. The standard InChI is InChI=1S/C17H20F2N2/c1-11(2)9-12-5-3-6-13(10-12)17(21-20)14-7-4-8-15(18)16(14)19/h3-8,10-11,17,21H,9,20H2,1-2H3. The third kappa shape index (κ3) is 3.65. The number of halogens is 2. The molecular weight excluding hydrogens is 270 g/mol. The molecule has 0 aliphatic carbocycles. The first-order chi connectivity index (χ1) is 10.0. The molecule has 0 fully saturated rings. The van der Waals surface area contributed by atoms with Gasteiger partial charge in [-0.15, -0.1) is 0 Å². The zero-order valence-corrected chi connectivity index (χ0v) is 12.2. The van der Waals surface area contributed by atoms with Crippen LogP contribution in [0.5, 0.6) is 0 Å². The van der Waals surface area contributed by atoms with Crippen molar-refractivity contribution in [1.82, 2.24) is 5.43 Å². The number of rotatable bonds is 5. The predicted molar refractivity (Wildman–Crippen MR) is 80.5 cm³/mol. The molecule has 2 rings (SSSR count). The van der Waals surface area contributed by atoms with Crippen molar-refractivity contribution in [3.05, 3.63) is 70.8 Å². The number of hydrazine groups is 1. The van der Waals surface area contributed by atoms with Crippen molar-refractivity contribution in [3.63, 3.8) is 0 Å². The van der Waals surface area contributed by atoms with Crippen molar-refractivity contribution in [2.75, 3.05) is 0 Å². The molecule has 3 N–H and O–H groups in total. The molecule has 2 aromatic rings. The zero-order valence-electron chi connectivity index (χ0n) is 12.2. The molecule has 0 heterocycles. The molecule has 0 bridgehead atoms. The van der Waals surface area contributed by atoms with Crippen LogP contribution in [0.1, 0.15) is 36.6 Å². The molecule has 0 saturated carbocycles. The average molecular weight is 290 g/mol. The van der Waals surface area contributed by atoms with E-state index in [9.17, 15) is 8.78 Å². The summed E-state index contributed by atoms with van der Waals surface area (Å²) in [6, 6.07) is 11.3. The lowest BCUT2D eigenvalue weighted by Gasteiger charge is -2.19. The first kappa shape index (κ1) is 15.6. The van der Waals surface area contributed by atoms with E-state index in [2.05, 4.69) is 19.3 Å². The number of nitrogens with one attached hydrogen (secondary N) is 1. The normalized spacial score (nSPS) is 12.7. The number of hydrogen-bond donors (Lipinski definition) is 2. The van der Waals surface area contributed by atoms with Gasteiger partial charge in [-0.1, -0.05) is 50.2 Å². The Kier molecular flexibility index (Phi) is 5.04. The van der Waals surface area contributed by atoms with E-state index in [4.69, 9.17) is 5.84 Å². The molecule has 0 aromatic heterocycles. The van der Waals surface area contributed by atoms with Gasteiger partial charge in [0.1, 0.15) is 0 Å². The van der Waals surface area contributed by atoms with Crippen molar-refractivity contribution in [2.24, 2.45) is 11.8 Å². The lowest BCUT2D eigenvalue weighted by atomic mass is 9.94. The second-order valence-electron chi connectivity index (χ2n) is 5.59. The van der Waals surface area contributed by atoms with Crippen LogP contribution >= 0.6 is 0 Å². The Labute approximate surface area is 124 Å². The van der Waals surface area contributed by atoms with Gasteiger partial charge in [0.2, 0.25) is 0 Å². The summed E-state index contributed by atoms with van der Waals surface area (Å²) in [5, 5.41) is 0. The topological polar surface area (TPSA) is 38.0 Å². The van der Waals surface area contributed by atoms with Crippen molar-refractivity contribution in [1.29, 1.82) is 0 Å². The minimum Gasteiger partial charge on any atom is -0.271 e. The quantitative estimate of drug-likeness (QED) is 0.650. The average Bonchev–Trinajstić information content (AvgIpc) is 2.44. The Hall–Kier alpha value is -1.78. The second kappa shape index (κ2) is 6.78. The van der Waals surface area contributed by atoms with E-state index in [0.29, 0.717) is 5.92 Å². The van der Waals surface area contributed by atoms with Crippen LogP contribution < -0.4 is 11.3 Å². The molecule has 0 radical (unpaired) electrons. The Morgan fingerprint density at radius 3 is 2.48 bits per heavy atom. The lowest BCUT2D eigenvalue weighted by Crippen LogP contribution is -2.29. The van der Waals surface area contributed by atoms with E-state index >= 15 is 0 Å². The van der Waals surface area contributed by atoms with Gasteiger partial charge >= 0.3 is 0 Å². The predicted octanol–water partition coefficient (Wildman–Crippen LogP) is 3.72. The van der Waals surface area contributed by atoms with Crippen LogP contribution in [0.2, 0.25) is 0 Å². The fraction of sp³-hybridized carbons (Fsp3) is 0.294. The summed E-state index contributed by atoms with van der Waals surface area (Å²) in [6.45, 7) is 4.27. The van der Waals surface area contributed by atoms with Crippen molar-refractivity contribution >= 4 is 0 Å². The highest BCUT2D eigenvalue weighted by Gasteiger charge is 2.19. The summed E-state index contributed by atoms with van der Waals surface area (Å²) in [4.78, 5) is 0. The van der Waals surface area contributed by atoms with Crippen LogP contribution in [0.4, 0.5) is 8.78 Å². The maximum Gasteiger partial charge on any atom is 0.163 e. The van der Waals surface area contributed by atoms with Crippen LogP contribution in [0, 0.1) is 17.6 Å². The lowest BCUT2D eigenvalue weighted by molar-refractivity contribution is 0.483. The fourth-order valence-corrected chi connectivity index (χ4v) is 2.48. The van der Waals surface area contributed by atoms with Crippen LogP contribution in [0.25, 0.3) is 0 Å². The maximum absolute atomic E-state index is 14.0. The van der Waals surface area contributed by atoms with E-state index < -0.39 is 17.7 Å². The summed E-state index contributed by atoms with van der Waals surface area (Å²) in [5.74, 6) is 4.36. The molecule has 1 atom stereocenters. The van der Waals surface area contributed by atoms with Gasteiger partial charge in [0, 0.05) is 5.56 Å². The third-order valence-corrected chi connectivity index (χ3v) is 3.39. The summed E-state index contributed by atoms with van der Waals surface area (Å²) >= 11 is 0. The van der Waals surface area contributed by atoms with Gasteiger partial charge < -0.3 is 0 Å². The van der Waals surface area contributed by atoms with Crippen molar-refractivity contribution in [2.45, 2.75) is 26.3 Å². The number of nitrogens with two attached hydrogens (primary N) is 1. The van der Waals surface area contributed by atoms with Crippen LogP contribution in [0.15, 0.2) is 42.5 Å². The Bertz CT molecular complexity index is 611. The molecule has 0 amide bonds. The summed E-state index contributed by atoms with van der Waals surface area (Å²) in [7, 11) is 0. The second-order valence-corrected chi connectivity index (χ2v) is 5.59. The first-order valence-electron chi connectivity index (χ1n) is 7.01. The van der Waals surface area contributed by atoms with E-state index in [1.54, 1.807) is 0 Å². The van der Waals surface area contributed by atoms with Gasteiger partial charge in [-0.2, -0.15) is 0 Å². The monoisotopic (exact) mass is 290 g/mol. The summed E-state index contributed by atoms with van der Waals surface area (Å²) < 4.78 is 27.4. The Morgan fingerprint density at radius 2 is 1.81 bits per heavy atom. The summed E-state index contributed by atoms with van der Waals surface area (Å²) in [6.07, 6.45) is 0.927. The highest BCUT2D eigenvalue weighted by molar-refractivity contribution is 5.35. The van der Waals surface area contributed by atoms with Crippen molar-refractivity contribution in [3.8, 4) is 0 Å². The highest BCUT2D eigenvalue weighted by Crippen LogP contribution is 2.26. The highest BCUT2D eigenvalue weighted by atomic mass is 19.2. The molecule has 0 aliphatic heterocycles. The molecular formula is C17H20F2N2. The van der Waals surface area contributed by atoms with Gasteiger partial charge in [0.25, 0.3) is 0 Å². The molecule has 0 aliphatic rings. The molecule has 0 spiro atoms. The molecule has 0 saturated heterocycles. The Morgan fingerprint density at radius 1 is 1.10 bits per heavy atom. The smallest absolute Gasteiger partial charge is 0.163 e. The molecule has 21 heavy (non-hydrogen) atoms. The van der Waals surface area contributed by atoms with Crippen LogP contribution in [-0.4, -0.2) is 0 Å². The van der Waals surface area contributed by atoms with E-state index in [-0.39, 0.29) is 5.56 Å². The number of benzene rings is 2. The van der Waals surface area contributed by atoms with Gasteiger partial charge in [-0.25, -0.2) is 14.2 Å². The van der Waals surface area contributed by atoms with Gasteiger partial charge in [0.15, 0.2) is 11.6 Å². The first-order valence-corrected chi connectivity index (χ1v) is 7.01. The maximum atomic E-state index is 14.0. The zero-order chi connectivity index (χ0) is 15.4. The molecule has 2 aromatic carbocycles. The molecule has 1 unspecified atom stereocenters. The molecule has 112 valence electrons. The van der Waals surface area contributed by atoms with Crippen LogP contribution in [0.3, 0.4) is 0 Å². The van der Waals surface area contributed by atoms with E-state index in [1.807, 2.05) is 24.3 Å². The van der Waals surface area contributed by atoms with Crippen molar-refractivity contribution < 1.29 is 8.78 Å².